The van der Waals surface area contributed by atoms with E-state index in [-0.39, 0.29) is 5.70 Å². The molecule has 0 saturated carbocycles. The largest absolute Gasteiger partial charge is 0.329 e. The first-order valence-corrected chi connectivity index (χ1v) is 14.5. The van der Waals surface area contributed by atoms with E-state index in [1.165, 1.54) is 0 Å². The molecular formula is C35H27BrN4O3. The minimum atomic E-state index is -0.646. The zero-order valence-electron chi connectivity index (χ0n) is 23.3. The molecule has 6 rings (SSSR count). The number of benzene rings is 4. The predicted octanol–water partition coefficient (Wildman–Crippen LogP) is 7.41. The number of hydrogen-bond acceptors (Lipinski definition) is 3. The van der Waals surface area contributed by atoms with Crippen molar-refractivity contribution in [1.82, 2.24) is 14.8 Å². The van der Waals surface area contributed by atoms with Crippen LogP contribution in [-0.4, -0.2) is 33.9 Å². The standard InChI is InChI=1S/C35H27BrN4O3/c1-23-12-16-28(17-13-23)37-32(41)22-39-34(42)30(38-35(39)43)20-26-21-31(24-8-4-2-5-9-24)40(29-18-14-27(36)15-19-29)33(26)25-10-6-3-7-11-25/h2-21H,22H2,1H3,(H,37,41)(H,38,43)/b30-20-. The van der Waals surface area contributed by atoms with Crippen LogP contribution >= 0.6 is 15.9 Å². The number of anilines is 1. The molecule has 0 unspecified atom stereocenters. The summed E-state index contributed by atoms with van der Waals surface area (Å²) in [5.74, 6) is -1.04. The van der Waals surface area contributed by atoms with Crippen molar-refractivity contribution >= 4 is 45.5 Å². The van der Waals surface area contributed by atoms with Crippen molar-refractivity contribution in [3.05, 3.63) is 137 Å². The summed E-state index contributed by atoms with van der Waals surface area (Å²) < 4.78 is 3.11. The quantitative estimate of drug-likeness (QED) is 0.145. The Balaban J connectivity index is 1.41. The van der Waals surface area contributed by atoms with Gasteiger partial charge in [0, 0.05) is 21.4 Å². The van der Waals surface area contributed by atoms with Crippen molar-refractivity contribution in [2.75, 3.05) is 11.9 Å². The van der Waals surface area contributed by atoms with E-state index in [4.69, 9.17) is 0 Å². The number of nitrogens with zero attached hydrogens (tertiary/aromatic N) is 2. The van der Waals surface area contributed by atoms with Gasteiger partial charge in [0.25, 0.3) is 5.91 Å². The van der Waals surface area contributed by atoms with Gasteiger partial charge >= 0.3 is 6.03 Å². The second kappa shape index (κ2) is 12.0. The Morgan fingerprint density at radius 1 is 0.837 bits per heavy atom. The van der Waals surface area contributed by atoms with Gasteiger partial charge in [0.1, 0.15) is 12.2 Å². The minimum absolute atomic E-state index is 0.0953. The Morgan fingerprint density at radius 3 is 2.12 bits per heavy atom. The molecule has 0 aliphatic carbocycles. The van der Waals surface area contributed by atoms with Crippen LogP contribution in [0.4, 0.5) is 10.5 Å². The summed E-state index contributed by atoms with van der Waals surface area (Å²) in [7, 11) is 0. The van der Waals surface area contributed by atoms with Gasteiger partial charge < -0.3 is 15.2 Å². The molecule has 2 heterocycles. The summed E-state index contributed by atoms with van der Waals surface area (Å²) in [6.07, 6.45) is 1.68. The number of hydrogen-bond donors (Lipinski definition) is 2. The number of amides is 4. The zero-order valence-corrected chi connectivity index (χ0v) is 24.8. The van der Waals surface area contributed by atoms with E-state index in [9.17, 15) is 14.4 Å². The lowest BCUT2D eigenvalue weighted by Crippen LogP contribution is -2.38. The van der Waals surface area contributed by atoms with Crippen molar-refractivity contribution in [2.24, 2.45) is 0 Å². The number of aromatic nitrogens is 1. The number of urea groups is 1. The van der Waals surface area contributed by atoms with E-state index < -0.39 is 24.4 Å². The third kappa shape index (κ3) is 5.91. The fourth-order valence-corrected chi connectivity index (χ4v) is 5.33. The highest BCUT2D eigenvalue weighted by molar-refractivity contribution is 9.10. The van der Waals surface area contributed by atoms with Crippen LogP contribution in [0.2, 0.25) is 0 Å². The Morgan fingerprint density at radius 2 is 1.47 bits per heavy atom. The van der Waals surface area contributed by atoms with E-state index in [2.05, 4.69) is 31.1 Å². The van der Waals surface area contributed by atoms with Gasteiger partial charge in [-0.05, 0) is 66.6 Å². The second-order valence-electron chi connectivity index (χ2n) is 10.2. The van der Waals surface area contributed by atoms with Crippen LogP contribution in [0, 0.1) is 6.92 Å². The van der Waals surface area contributed by atoms with Gasteiger partial charge in [-0.2, -0.15) is 0 Å². The zero-order chi connectivity index (χ0) is 29.9. The second-order valence-corrected chi connectivity index (χ2v) is 11.1. The number of carbonyl (C=O) groups excluding carboxylic acids is 3. The number of halogens is 1. The molecule has 5 aromatic rings. The fourth-order valence-electron chi connectivity index (χ4n) is 5.06. The van der Waals surface area contributed by atoms with Gasteiger partial charge in [-0.25, -0.2) is 9.69 Å². The van der Waals surface area contributed by atoms with E-state index >= 15 is 0 Å². The molecule has 8 heteroatoms. The average Bonchev–Trinajstić information content (AvgIpc) is 3.52. The van der Waals surface area contributed by atoms with Crippen molar-refractivity contribution in [3.8, 4) is 28.2 Å². The summed E-state index contributed by atoms with van der Waals surface area (Å²) >= 11 is 3.53. The van der Waals surface area contributed by atoms with Crippen molar-refractivity contribution in [2.45, 2.75) is 6.92 Å². The van der Waals surface area contributed by atoms with Gasteiger partial charge in [-0.3, -0.25) is 9.59 Å². The highest BCUT2D eigenvalue weighted by atomic mass is 79.9. The molecule has 212 valence electrons. The molecule has 4 amide bonds. The van der Waals surface area contributed by atoms with E-state index in [1.54, 1.807) is 18.2 Å². The SMILES string of the molecule is Cc1ccc(NC(=O)CN2C(=O)N/C(=C\c3cc(-c4ccccc4)n(-c4ccc(Br)cc4)c3-c3ccccc3)C2=O)cc1. The third-order valence-electron chi connectivity index (χ3n) is 7.13. The maximum absolute atomic E-state index is 13.5. The van der Waals surface area contributed by atoms with E-state index in [0.717, 1.165) is 48.7 Å². The van der Waals surface area contributed by atoms with Gasteiger partial charge in [0.15, 0.2) is 0 Å². The molecule has 0 spiro atoms. The highest BCUT2D eigenvalue weighted by Gasteiger charge is 2.35. The molecule has 1 aliphatic rings. The van der Waals surface area contributed by atoms with Gasteiger partial charge in [-0.15, -0.1) is 0 Å². The summed E-state index contributed by atoms with van der Waals surface area (Å²) in [5.41, 5.74) is 7.11. The molecule has 43 heavy (non-hydrogen) atoms. The molecule has 4 aromatic carbocycles. The topological polar surface area (TPSA) is 83.4 Å². The summed E-state index contributed by atoms with van der Waals surface area (Å²) in [4.78, 5) is 40.0. The van der Waals surface area contributed by atoms with Crippen LogP contribution < -0.4 is 10.6 Å². The first-order valence-electron chi connectivity index (χ1n) is 13.7. The predicted molar refractivity (Wildman–Crippen MR) is 172 cm³/mol. The first-order chi connectivity index (χ1) is 20.9. The Bertz CT molecular complexity index is 1850. The maximum atomic E-state index is 13.5. The summed E-state index contributed by atoms with van der Waals surface area (Å²) in [6, 6.07) is 36.6. The molecule has 7 nitrogen and oxygen atoms in total. The molecule has 1 fully saturated rings. The minimum Gasteiger partial charge on any atom is -0.325 e. The van der Waals surface area contributed by atoms with Gasteiger partial charge in [-0.1, -0.05) is 94.3 Å². The normalized spacial score (nSPS) is 13.8. The van der Waals surface area contributed by atoms with Crippen molar-refractivity contribution < 1.29 is 14.4 Å². The van der Waals surface area contributed by atoms with E-state index in [1.807, 2.05) is 110 Å². The lowest BCUT2D eigenvalue weighted by atomic mass is 10.1. The first kappa shape index (κ1) is 27.9. The molecule has 1 aliphatic heterocycles. The number of carbonyl (C=O) groups is 3. The lowest BCUT2D eigenvalue weighted by molar-refractivity contribution is -0.127. The number of imide groups is 1. The van der Waals surface area contributed by atoms with Crippen LogP contribution in [0.1, 0.15) is 11.1 Å². The van der Waals surface area contributed by atoms with Crippen LogP contribution in [0.15, 0.2) is 125 Å². The molecule has 2 N–H and O–H groups in total. The van der Waals surface area contributed by atoms with Gasteiger partial charge in [0.2, 0.25) is 5.91 Å². The third-order valence-corrected chi connectivity index (χ3v) is 7.66. The molecular weight excluding hydrogens is 604 g/mol. The van der Waals surface area contributed by atoms with Crippen molar-refractivity contribution in [1.29, 1.82) is 0 Å². The Kier molecular flexibility index (Phi) is 7.77. The number of nitrogens with one attached hydrogen (secondary N) is 2. The fraction of sp³-hybridized carbons (Fsp3) is 0.0571. The van der Waals surface area contributed by atoms with Crippen molar-refractivity contribution in [3.63, 3.8) is 0 Å². The van der Waals surface area contributed by atoms with Crippen LogP contribution in [0.25, 0.3) is 34.3 Å². The number of aryl methyl sites for hydroxylation is 1. The summed E-state index contributed by atoms with van der Waals surface area (Å²) in [5, 5.41) is 5.42. The van der Waals surface area contributed by atoms with Gasteiger partial charge in [0.05, 0.1) is 11.4 Å². The molecule has 0 atom stereocenters. The Labute approximate surface area is 257 Å². The smallest absolute Gasteiger partial charge is 0.325 e. The Hall–Kier alpha value is -5.21. The average molecular weight is 632 g/mol. The number of rotatable bonds is 7. The van der Waals surface area contributed by atoms with Crippen LogP contribution in [-0.2, 0) is 9.59 Å². The summed E-state index contributed by atoms with van der Waals surface area (Å²) in [6.45, 7) is 1.54. The molecule has 1 aromatic heterocycles. The van der Waals surface area contributed by atoms with E-state index in [0.29, 0.717) is 5.69 Å². The lowest BCUT2D eigenvalue weighted by Gasteiger charge is -2.15. The molecule has 0 bridgehead atoms. The highest BCUT2D eigenvalue weighted by Crippen LogP contribution is 2.37. The maximum Gasteiger partial charge on any atom is 0.329 e. The molecule has 0 radical (unpaired) electrons. The molecule has 1 saturated heterocycles. The monoisotopic (exact) mass is 630 g/mol. The van der Waals surface area contributed by atoms with Crippen LogP contribution in [0.5, 0.6) is 0 Å². The van der Waals surface area contributed by atoms with Crippen LogP contribution in [0.3, 0.4) is 0 Å².